The molecule has 0 saturated carbocycles. The fraction of sp³-hybridized carbons (Fsp3) is 0.294. The van der Waals surface area contributed by atoms with E-state index in [1.54, 1.807) is 0 Å². The molecule has 0 saturated heterocycles. The van der Waals surface area contributed by atoms with Crippen LogP contribution in [-0.2, 0) is 0 Å². The number of para-hydroxylation sites is 1. The maximum Gasteiger partial charge on any atom is 0.273 e. The fourth-order valence-corrected chi connectivity index (χ4v) is 3.24. The minimum atomic E-state index is -0.249. The minimum absolute atomic E-state index is 0.243. The summed E-state index contributed by atoms with van der Waals surface area (Å²) in [6, 6.07) is 9.47. The monoisotopic (exact) mass is 375 g/mol. The predicted molar refractivity (Wildman–Crippen MR) is 92.5 cm³/mol. The molecule has 5 nitrogen and oxygen atoms in total. The highest BCUT2D eigenvalue weighted by Gasteiger charge is 2.22. The molecule has 120 valence electrons. The van der Waals surface area contributed by atoms with Crippen LogP contribution in [0.2, 0.25) is 0 Å². The van der Waals surface area contributed by atoms with Gasteiger partial charge in [-0.15, -0.1) is 0 Å². The Morgan fingerprint density at radius 2 is 2.04 bits per heavy atom. The lowest BCUT2D eigenvalue weighted by Gasteiger charge is -2.10. The molecule has 2 heterocycles. The number of aromatic nitrogens is 2. The van der Waals surface area contributed by atoms with Crippen LogP contribution in [0.5, 0.6) is 0 Å². The number of amides is 1. The number of aromatic amines is 1. The number of nitrogens with one attached hydrogen (secondary N) is 2. The number of benzene rings is 1. The van der Waals surface area contributed by atoms with Crippen molar-refractivity contribution in [3.63, 3.8) is 0 Å². The SMILES string of the molecule is CC(C)c1[nH]nc(C(=O)NC(C)c2cc3ccccc3o2)c1Br. The lowest BCUT2D eigenvalue weighted by Crippen LogP contribution is -2.27. The molecule has 1 amide bonds. The van der Waals surface area contributed by atoms with Crippen molar-refractivity contribution in [1.29, 1.82) is 0 Å². The number of nitrogens with zero attached hydrogens (tertiary/aromatic N) is 1. The molecule has 3 aromatic rings. The predicted octanol–water partition coefficient (Wildman–Crippen LogP) is 4.53. The maximum absolute atomic E-state index is 12.4. The Labute approximate surface area is 142 Å². The molecule has 0 radical (unpaired) electrons. The second-order valence-corrected chi connectivity index (χ2v) is 6.63. The first-order chi connectivity index (χ1) is 11.0. The third kappa shape index (κ3) is 3.03. The largest absolute Gasteiger partial charge is 0.459 e. The second kappa shape index (κ2) is 6.20. The molecule has 6 heteroatoms. The van der Waals surface area contributed by atoms with Gasteiger partial charge in [-0.1, -0.05) is 32.0 Å². The van der Waals surface area contributed by atoms with Crippen LogP contribution < -0.4 is 5.32 Å². The smallest absolute Gasteiger partial charge is 0.273 e. The summed E-state index contributed by atoms with van der Waals surface area (Å²) in [5.74, 6) is 0.731. The molecule has 0 aliphatic rings. The van der Waals surface area contributed by atoms with Gasteiger partial charge in [-0.05, 0) is 40.9 Å². The summed E-state index contributed by atoms with van der Waals surface area (Å²) in [5, 5.41) is 11.0. The summed E-state index contributed by atoms with van der Waals surface area (Å²) >= 11 is 3.45. The van der Waals surface area contributed by atoms with E-state index >= 15 is 0 Å². The van der Waals surface area contributed by atoms with E-state index in [9.17, 15) is 4.79 Å². The molecule has 23 heavy (non-hydrogen) atoms. The van der Waals surface area contributed by atoms with Gasteiger partial charge >= 0.3 is 0 Å². The molecule has 2 aromatic heterocycles. The molecule has 0 aliphatic heterocycles. The zero-order chi connectivity index (χ0) is 16.6. The van der Waals surface area contributed by atoms with Crippen LogP contribution >= 0.6 is 15.9 Å². The average Bonchev–Trinajstić information content (AvgIpc) is 3.10. The van der Waals surface area contributed by atoms with Crippen molar-refractivity contribution in [1.82, 2.24) is 15.5 Å². The van der Waals surface area contributed by atoms with E-state index in [0.29, 0.717) is 10.2 Å². The Hall–Kier alpha value is -2.08. The van der Waals surface area contributed by atoms with E-state index in [0.717, 1.165) is 22.4 Å². The van der Waals surface area contributed by atoms with Crippen molar-refractivity contribution in [3.05, 3.63) is 52.0 Å². The number of H-pyrrole nitrogens is 1. The maximum atomic E-state index is 12.4. The standard InChI is InChI=1S/C17H18BrN3O2/c1-9(2)15-14(18)16(21-20-15)17(22)19-10(3)13-8-11-6-4-5-7-12(11)23-13/h4-10H,1-3H3,(H,19,22)(H,20,21). The third-order valence-electron chi connectivity index (χ3n) is 3.74. The summed E-state index contributed by atoms with van der Waals surface area (Å²) in [6.45, 7) is 5.97. The summed E-state index contributed by atoms with van der Waals surface area (Å²) < 4.78 is 6.50. The Morgan fingerprint density at radius 1 is 1.30 bits per heavy atom. The van der Waals surface area contributed by atoms with Crippen molar-refractivity contribution >= 4 is 32.8 Å². The summed E-state index contributed by atoms with van der Waals surface area (Å²) in [4.78, 5) is 12.4. The van der Waals surface area contributed by atoms with Gasteiger partial charge in [0.05, 0.1) is 16.2 Å². The van der Waals surface area contributed by atoms with E-state index in [1.807, 2.05) is 51.1 Å². The first-order valence-corrected chi connectivity index (χ1v) is 8.29. The normalized spacial score (nSPS) is 12.7. The van der Waals surface area contributed by atoms with Crippen LogP contribution in [0.3, 0.4) is 0 Å². The summed E-state index contributed by atoms with van der Waals surface area (Å²) in [6.07, 6.45) is 0. The molecule has 0 bridgehead atoms. The van der Waals surface area contributed by atoms with Crippen molar-refractivity contribution in [2.75, 3.05) is 0 Å². The first-order valence-electron chi connectivity index (χ1n) is 7.50. The molecule has 2 N–H and O–H groups in total. The highest BCUT2D eigenvalue weighted by Crippen LogP contribution is 2.27. The molecular formula is C17H18BrN3O2. The molecule has 0 aliphatic carbocycles. The number of rotatable bonds is 4. The minimum Gasteiger partial charge on any atom is -0.459 e. The zero-order valence-electron chi connectivity index (χ0n) is 13.2. The highest BCUT2D eigenvalue weighted by atomic mass is 79.9. The van der Waals surface area contributed by atoms with Crippen LogP contribution in [0.15, 0.2) is 39.2 Å². The third-order valence-corrected chi connectivity index (χ3v) is 4.55. The lowest BCUT2D eigenvalue weighted by molar-refractivity contribution is 0.0930. The molecule has 0 fully saturated rings. The number of fused-ring (bicyclic) bond motifs is 1. The average molecular weight is 376 g/mol. The van der Waals surface area contributed by atoms with Crippen LogP contribution in [-0.4, -0.2) is 16.1 Å². The Morgan fingerprint density at radius 3 is 2.70 bits per heavy atom. The van der Waals surface area contributed by atoms with Gasteiger partial charge in [0.2, 0.25) is 0 Å². The fourth-order valence-electron chi connectivity index (χ4n) is 2.43. The van der Waals surface area contributed by atoms with E-state index < -0.39 is 0 Å². The number of halogens is 1. The van der Waals surface area contributed by atoms with Gasteiger partial charge in [-0.2, -0.15) is 5.10 Å². The number of carbonyl (C=O) groups excluding carboxylic acids is 1. The van der Waals surface area contributed by atoms with Crippen molar-refractivity contribution in [2.24, 2.45) is 0 Å². The van der Waals surface area contributed by atoms with Crippen LogP contribution in [0.1, 0.15) is 54.7 Å². The van der Waals surface area contributed by atoms with Crippen LogP contribution in [0.4, 0.5) is 0 Å². The molecule has 3 rings (SSSR count). The number of carbonyl (C=O) groups is 1. The zero-order valence-corrected chi connectivity index (χ0v) is 14.8. The molecule has 1 unspecified atom stereocenters. The quantitative estimate of drug-likeness (QED) is 0.703. The highest BCUT2D eigenvalue weighted by molar-refractivity contribution is 9.10. The lowest BCUT2D eigenvalue weighted by atomic mass is 10.1. The number of hydrogen-bond donors (Lipinski definition) is 2. The van der Waals surface area contributed by atoms with Crippen LogP contribution in [0.25, 0.3) is 11.0 Å². The number of furan rings is 1. The molecule has 0 spiro atoms. The van der Waals surface area contributed by atoms with E-state index in [4.69, 9.17) is 4.42 Å². The van der Waals surface area contributed by atoms with E-state index in [2.05, 4.69) is 31.4 Å². The molecule has 1 atom stereocenters. The van der Waals surface area contributed by atoms with Crippen molar-refractivity contribution < 1.29 is 9.21 Å². The second-order valence-electron chi connectivity index (χ2n) is 5.84. The first kappa shape index (κ1) is 15.8. The number of hydrogen-bond acceptors (Lipinski definition) is 3. The molecular weight excluding hydrogens is 358 g/mol. The Balaban J connectivity index is 1.79. The summed E-state index contributed by atoms with van der Waals surface area (Å²) in [7, 11) is 0. The van der Waals surface area contributed by atoms with Gasteiger partial charge in [0.15, 0.2) is 5.69 Å². The van der Waals surface area contributed by atoms with Gasteiger partial charge in [-0.25, -0.2) is 0 Å². The van der Waals surface area contributed by atoms with Crippen molar-refractivity contribution in [2.45, 2.75) is 32.7 Å². The topological polar surface area (TPSA) is 70.9 Å². The van der Waals surface area contributed by atoms with Crippen molar-refractivity contribution in [3.8, 4) is 0 Å². The van der Waals surface area contributed by atoms with E-state index in [-0.39, 0.29) is 17.9 Å². The summed E-state index contributed by atoms with van der Waals surface area (Å²) in [5.41, 5.74) is 2.08. The van der Waals surface area contributed by atoms with Gasteiger partial charge in [0.1, 0.15) is 11.3 Å². The Bertz CT molecular complexity index is 818. The van der Waals surface area contributed by atoms with Crippen LogP contribution in [0, 0.1) is 0 Å². The van der Waals surface area contributed by atoms with Gasteiger partial charge in [0, 0.05) is 5.39 Å². The van der Waals surface area contributed by atoms with Gasteiger partial charge in [-0.3, -0.25) is 9.89 Å². The molecule has 1 aromatic carbocycles. The Kier molecular flexibility index (Phi) is 4.26. The van der Waals surface area contributed by atoms with Gasteiger partial charge in [0.25, 0.3) is 5.91 Å². The van der Waals surface area contributed by atoms with E-state index in [1.165, 1.54) is 0 Å². The van der Waals surface area contributed by atoms with Gasteiger partial charge < -0.3 is 9.73 Å².